The number of benzene rings is 1. The third-order valence-electron chi connectivity index (χ3n) is 7.70. The van der Waals surface area contributed by atoms with Crippen molar-refractivity contribution in [3.63, 3.8) is 0 Å². The van der Waals surface area contributed by atoms with E-state index < -0.39 is 0 Å². The maximum absolute atomic E-state index is 14.9. The Bertz CT molecular complexity index is 1060. The molecule has 3 heterocycles. The summed E-state index contributed by atoms with van der Waals surface area (Å²) < 4.78 is 20.9. The summed E-state index contributed by atoms with van der Waals surface area (Å²) in [6, 6.07) is 5.20. The number of rotatable bonds is 7. The van der Waals surface area contributed by atoms with Gasteiger partial charge in [-0.1, -0.05) is 13.0 Å². The van der Waals surface area contributed by atoms with Gasteiger partial charge in [0, 0.05) is 56.1 Å². The van der Waals surface area contributed by atoms with E-state index in [-0.39, 0.29) is 17.6 Å². The molecule has 0 N–H and O–H groups in total. The van der Waals surface area contributed by atoms with Crippen molar-refractivity contribution >= 4 is 17.4 Å². The number of hydrogen-bond donors (Lipinski definition) is 0. The second-order valence-corrected chi connectivity index (χ2v) is 10.0. The van der Waals surface area contributed by atoms with E-state index in [1.54, 1.807) is 0 Å². The number of allylic oxidation sites excluding steroid dienone is 2. The van der Waals surface area contributed by atoms with Crippen molar-refractivity contribution in [2.75, 3.05) is 37.7 Å². The van der Waals surface area contributed by atoms with Gasteiger partial charge in [-0.3, -0.25) is 4.79 Å². The Morgan fingerprint density at radius 3 is 2.49 bits per heavy atom. The molecule has 2 fully saturated rings. The standard InChI is InChI=1S/C28H35FN4O2/c1-2-20-17-30-28(31-18-20)33-14-10-21(11-15-33)19-35-24-8-9-25(26(29)16-24)22-4-6-23(7-5-22)27(34)32-12-3-13-32/h4,8-9,16-18,21,23H,2-3,5-7,10-15,19H2,1H3. The van der Waals surface area contributed by atoms with Crippen LogP contribution in [0.1, 0.15) is 56.6 Å². The molecule has 0 radical (unpaired) electrons. The largest absolute Gasteiger partial charge is 0.493 e. The van der Waals surface area contributed by atoms with Crippen molar-refractivity contribution in [1.82, 2.24) is 14.9 Å². The fourth-order valence-electron chi connectivity index (χ4n) is 5.15. The summed E-state index contributed by atoms with van der Waals surface area (Å²) >= 11 is 0. The van der Waals surface area contributed by atoms with Crippen LogP contribution in [0, 0.1) is 17.7 Å². The molecule has 3 aliphatic rings. The zero-order chi connectivity index (χ0) is 24.2. The lowest BCUT2D eigenvalue weighted by molar-refractivity contribution is -0.139. The van der Waals surface area contributed by atoms with E-state index in [0.717, 1.165) is 81.8 Å². The number of halogens is 1. The normalized spacial score (nSPS) is 20.9. The number of aromatic nitrogens is 2. The fourth-order valence-corrected chi connectivity index (χ4v) is 5.15. The van der Waals surface area contributed by atoms with E-state index in [9.17, 15) is 9.18 Å². The Hall–Kier alpha value is -2.96. The lowest BCUT2D eigenvalue weighted by Crippen LogP contribution is -2.45. The summed E-state index contributed by atoms with van der Waals surface area (Å²) in [5.74, 6) is 1.89. The monoisotopic (exact) mass is 478 g/mol. The molecule has 2 aromatic rings. The van der Waals surface area contributed by atoms with Gasteiger partial charge in [0.05, 0.1) is 6.61 Å². The molecule has 1 amide bonds. The third kappa shape index (κ3) is 5.49. The van der Waals surface area contributed by atoms with Gasteiger partial charge in [0.1, 0.15) is 11.6 Å². The van der Waals surface area contributed by atoms with Crippen molar-refractivity contribution in [3.8, 4) is 5.75 Å². The smallest absolute Gasteiger partial charge is 0.226 e. The SMILES string of the molecule is CCc1cnc(N2CCC(COc3ccc(C4=CCC(C(=O)N5CCC5)CC4)c(F)c3)CC2)nc1. The summed E-state index contributed by atoms with van der Waals surface area (Å²) in [7, 11) is 0. The summed E-state index contributed by atoms with van der Waals surface area (Å²) in [6.07, 6.45) is 12.2. The van der Waals surface area contributed by atoms with Crippen LogP contribution in [0.3, 0.4) is 0 Å². The molecule has 1 aliphatic carbocycles. The number of carbonyl (C=O) groups is 1. The maximum atomic E-state index is 14.9. The topological polar surface area (TPSA) is 58.6 Å². The molecule has 2 saturated heterocycles. The number of aryl methyl sites for hydroxylation is 1. The van der Waals surface area contributed by atoms with E-state index in [1.165, 1.54) is 6.07 Å². The highest BCUT2D eigenvalue weighted by Crippen LogP contribution is 2.34. The van der Waals surface area contributed by atoms with E-state index in [2.05, 4.69) is 27.9 Å². The van der Waals surface area contributed by atoms with Gasteiger partial charge in [-0.25, -0.2) is 14.4 Å². The molecule has 186 valence electrons. The number of nitrogens with zero attached hydrogens (tertiary/aromatic N) is 4. The van der Waals surface area contributed by atoms with Crippen LogP contribution < -0.4 is 9.64 Å². The zero-order valence-electron chi connectivity index (χ0n) is 20.6. The van der Waals surface area contributed by atoms with Crippen LogP contribution in [-0.2, 0) is 11.2 Å². The Morgan fingerprint density at radius 1 is 1.11 bits per heavy atom. The summed E-state index contributed by atoms with van der Waals surface area (Å²) in [4.78, 5) is 25.6. The number of likely N-dealkylation sites (tertiary alicyclic amines) is 1. The highest BCUT2D eigenvalue weighted by molar-refractivity contribution is 5.81. The molecule has 1 unspecified atom stereocenters. The van der Waals surface area contributed by atoms with Crippen molar-refractivity contribution < 1.29 is 13.9 Å². The van der Waals surface area contributed by atoms with Crippen LogP contribution >= 0.6 is 0 Å². The van der Waals surface area contributed by atoms with Crippen LogP contribution in [0.25, 0.3) is 5.57 Å². The summed E-state index contributed by atoms with van der Waals surface area (Å²) in [6.45, 7) is 6.28. The molecule has 2 aliphatic heterocycles. The van der Waals surface area contributed by atoms with Crippen molar-refractivity contribution in [1.29, 1.82) is 0 Å². The first kappa shape index (κ1) is 23.8. The number of anilines is 1. The van der Waals surface area contributed by atoms with Crippen LogP contribution in [0.2, 0.25) is 0 Å². The first-order valence-electron chi connectivity index (χ1n) is 13.1. The van der Waals surface area contributed by atoms with Crippen molar-refractivity contribution in [2.24, 2.45) is 11.8 Å². The molecule has 0 bridgehead atoms. The van der Waals surface area contributed by atoms with Crippen molar-refractivity contribution in [3.05, 3.63) is 53.6 Å². The average Bonchev–Trinajstić information content (AvgIpc) is 2.87. The Kier molecular flexibility index (Phi) is 7.30. The molecule has 0 saturated carbocycles. The van der Waals surface area contributed by atoms with Crippen LogP contribution in [0.4, 0.5) is 10.3 Å². The Labute approximate surface area is 207 Å². The number of piperidine rings is 1. The minimum atomic E-state index is -0.247. The van der Waals surface area contributed by atoms with E-state index in [1.807, 2.05) is 29.4 Å². The second-order valence-electron chi connectivity index (χ2n) is 10.0. The maximum Gasteiger partial charge on any atom is 0.226 e. The number of hydrogen-bond acceptors (Lipinski definition) is 5. The van der Waals surface area contributed by atoms with E-state index in [0.29, 0.717) is 30.3 Å². The van der Waals surface area contributed by atoms with Crippen LogP contribution in [0.15, 0.2) is 36.7 Å². The van der Waals surface area contributed by atoms with Gasteiger partial charge in [-0.2, -0.15) is 0 Å². The summed E-state index contributed by atoms with van der Waals surface area (Å²) in [5.41, 5.74) is 2.79. The predicted octanol–water partition coefficient (Wildman–Crippen LogP) is 4.89. The lowest BCUT2D eigenvalue weighted by Gasteiger charge is -2.35. The Balaban J connectivity index is 1.10. The quantitative estimate of drug-likeness (QED) is 0.567. The number of amides is 1. The van der Waals surface area contributed by atoms with Gasteiger partial charge < -0.3 is 14.5 Å². The fraction of sp³-hybridized carbons (Fsp3) is 0.536. The lowest BCUT2D eigenvalue weighted by atomic mass is 9.85. The third-order valence-corrected chi connectivity index (χ3v) is 7.70. The highest BCUT2D eigenvalue weighted by atomic mass is 19.1. The first-order valence-corrected chi connectivity index (χ1v) is 13.1. The van der Waals surface area contributed by atoms with Crippen molar-refractivity contribution in [2.45, 2.75) is 51.9 Å². The average molecular weight is 479 g/mol. The molecule has 5 rings (SSSR count). The van der Waals surface area contributed by atoms with Gasteiger partial charge in [0.25, 0.3) is 0 Å². The molecule has 1 aromatic heterocycles. The van der Waals surface area contributed by atoms with Gasteiger partial charge in [0.15, 0.2) is 0 Å². The molecule has 1 aromatic carbocycles. The minimum Gasteiger partial charge on any atom is -0.493 e. The van der Waals surface area contributed by atoms with Crippen LogP contribution in [0.5, 0.6) is 5.75 Å². The van der Waals surface area contributed by atoms with Crippen LogP contribution in [-0.4, -0.2) is 53.6 Å². The highest BCUT2D eigenvalue weighted by Gasteiger charge is 2.29. The first-order chi connectivity index (χ1) is 17.1. The molecule has 7 heteroatoms. The van der Waals surface area contributed by atoms with E-state index in [4.69, 9.17) is 4.74 Å². The van der Waals surface area contributed by atoms with Gasteiger partial charge in [0.2, 0.25) is 11.9 Å². The Morgan fingerprint density at radius 2 is 1.89 bits per heavy atom. The minimum absolute atomic E-state index is 0.0541. The molecule has 1 atom stereocenters. The second kappa shape index (κ2) is 10.8. The van der Waals surface area contributed by atoms with Gasteiger partial charge >= 0.3 is 0 Å². The molecule has 6 nitrogen and oxygen atoms in total. The molecular weight excluding hydrogens is 443 g/mol. The molecular formula is C28H35FN4O2. The zero-order valence-corrected chi connectivity index (χ0v) is 20.6. The van der Waals surface area contributed by atoms with Gasteiger partial charge in [-0.15, -0.1) is 0 Å². The number of carbonyl (C=O) groups excluding carboxylic acids is 1. The molecule has 35 heavy (non-hydrogen) atoms. The predicted molar refractivity (Wildman–Crippen MR) is 135 cm³/mol. The number of ether oxygens (including phenoxy) is 1. The summed E-state index contributed by atoms with van der Waals surface area (Å²) in [5, 5.41) is 0. The van der Waals surface area contributed by atoms with E-state index >= 15 is 0 Å². The van der Waals surface area contributed by atoms with Gasteiger partial charge in [-0.05, 0) is 74.1 Å². The molecule has 0 spiro atoms.